The highest BCUT2D eigenvalue weighted by Gasteiger charge is 2.34. The van der Waals surface area contributed by atoms with Crippen molar-refractivity contribution in [2.24, 2.45) is 4.99 Å². The van der Waals surface area contributed by atoms with E-state index in [-0.39, 0.29) is 17.0 Å². The molecule has 0 bridgehead atoms. The molecule has 0 saturated heterocycles. The zero-order valence-corrected chi connectivity index (χ0v) is 15.2. The van der Waals surface area contributed by atoms with E-state index >= 15 is 0 Å². The molecule has 0 aromatic heterocycles. The molecule has 1 heterocycles. The lowest BCUT2D eigenvalue weighted by Crippen LogP contribution is -2.06. The van der Waals surface area contributed by atoms with Crippen LogP contribution in [-0.4, -0.2) is 16.3 Å². The van der Waals surface area contributed by atoms with E-state index in [1.54, 1.807) is 0 Å². The van der Waals surface area contributed by atoms with Crippen molar-refractivity contribution >= 4 is 46.1 Å². The van der Waals surface area contributed by atoms with Gasteiger partial charge in [0.05, 0.1) is 16.3 Å². The van der Waals surface area contributed by atoms with E-state index in [0.29, 0.717) is 15.6 Å². The van der Waals surface area contributed by atoms with Crippen molar-refractivity contribution < 1.29 is 4.74 Å². The first-order valence-corrected chi connectivity index (χ1v) is 8.31. The summed E-state index contributed by atoms with van der Waals surface area (Å²) in [5, 5.41) is 1.64. The van der Waals surface area contributed by atoms with Gasteiger partial charge in [0.15, 0.2) is 0 Å². The Balaban J connectivity index is 0.00000144. The number of fused-ring (bicyclic) bond motifs is 3. The predicted octanol–water partition coefficient (Wildman–Crippen LogP) is 5.52. The number of thioether (sulfide) groups is 1. The molecule has 4 rings (SSSR count). The van der Waals surface area contributed by atoms with E-state index in [1.165, 1.54) is 16.8 Å². The maximum Gasteiger partial charge on any atom is 0.127 e. The SMILES string of the molecule is Br.CC1N=C2c3ccc(Oc4ccc(Cl)cc4)cc3CC2S1. The molecule has 0 fully saturated rings. The van der Waals surface area contributed by atoms with E-state index in [0.717, 1.165) is 17.9 Å². The van der Waals surface area contributed by atoms with Crippen LogP contribution < -0.4 is 4.74 Å². The lowest BCUT2D eigenvalue weighted by molar-refractivity contribution is 0.482. The molecule has 2 aromatic carbocycles. The number of halogens is 2. The van der Waals surface area contributed by atoms with Gasteiger partial charge in [-0.25, -0.2) is 0 Å². The Morgan fingerprint density at radius 3 is 2.64 bits per heavy atom. The van der Waals surface area contributed by atoms with Crippen molar-refractivity contribution in [2.45, 2.75) is 24.0 Å². The van der Waals surface area contributed by atoms with Crippen LogP contribution in [0.4, 0.5) is 0 Å². The Morgan fingerprint density at radius 2 is 1.86 bits per heavy atom. The van der Waals surface area contributed by atoms with Gasteiger partial charge in [-0.1, -0.05) is 11.6 Å². The van der Waals surface area contributed by atoms with Gasteiger partial charge in [0.2, 0.25) is 0 Å². The summed E-state index contributed by atoms with van der Waals surface area (Å²) >= 11 is 7.83. The van der Waals surface area contributed by atoms with Crippen molar-refractivity contribution in [3.8, 4) is 11.5 Å². The Kier molecular flexibility index (Phi) is 4.53. The Morgan fingerprint density at radius 1 is 1.14 bits per heavy atom. The quantitative estimate of drug-likeness (QED) is 0.667. The molecule has 2 nitrogen and oxygen atoms in total. The summed E-state index contributed by atoms with van der Waals surface area (Å²) in [5.74, 6) is 1.67. The van der Waals surface area contributed by atoms with Gasteiger partial charge < -0.3 is 4.74 Å². The summed E-state index contributed by atoms with van der Waals surface area (Å²) in [5.41, 5.74) is 3.89. The van der Waals surface area contributed by atoms with E-state index in [9.17, 15) is 0 Å². The molecule has 22 heavy (non-hydrogen) atoms. The van der Waals surface area contributed by atoms with Crippen LogP contribution in [0.5, 0.6) is 11.5 Å². The molecule has 2 aromatic rings. The van der Waals surface area contributed by atoms with E-state index < -0.39 is 0 Å². The lowest BCUT2D eigenvalue weighted by Gasteiger charge is -2.08. The fraction of sp³-hybridized carbons (Fsp3) is 0.235. The third-order valence-electron chi connectivity index (χ3n) is 3.79. The summed E-state index contributed by atoms with van der Waals surface area (Å²) < 4.78 is 5.90. The molecule has 0 spiro atoms. The highest BCUT2D eigenvalue weighted by Crippen LogP contribution is 2.40. The lowest BCUT2D eigenvalue weighted by atomic mass is 10.1. The highest BCUT2D eigenvalue weighted by molar-refractivity contribution is 8.93. The van der Waals surface area contributed by atoms with Gasteiger partial charge in [0.1, 0.15) is 11.5 Å². The third kappa shape index (κ3) is 2.92. The largest absolute Gasteiger partial charge is 0.457 e. The topological polar surface area (TPSA) is 21.6 Å². The van der Waals surface area contributed by atoms with Crippen LogP contribution in [-0.2, 0) is 6.42 Å². The first-order chi connectivity index (χ1) is 10.2. The molecule has 0 N–H and O–H groups in total. The highest BCUT2D eigenvalue weighted by atomic mass is 79.9. The Labute approximate surface area is 149 Å². The first-order valence-electron chi connectivity index (χ1n) is 6.99. The van der Waals surface area contributed by atoms with Gasteiger partial charge in [-0.15, -0.1) is 28.7 Å². The summed E-state index contributed by atoms with van der Waals surface area (Å²) in [4.78, 5) is 4.74. The van der Waals surface area contributed by atoms with Gasteiger partial charge in [-0.3, -0.25) is 4.99 Å². The number of nitrogens with zero attached hydrogens (tertiary/aromatic N) is 1. The van der Waals surface area contributed by atoms with Crippen LogP contribution >= 0.6 is 40.3 Å². The van der Waals surface area contributed by atoms with Gasteiger partial charge >= 0.3 is 0 Å². The molecule has 5 heteroatoms. The summed E-state index contributed by atoms with van der Waals surface area (Å²) in [7, 11) is 0. The normalized spacial score (nSPS) is 21.6. The summed E-state index contributed by atoms with van der Waals surface area (Å²) in [6.45, 7) is 2.16. The molecule has 1 aliphatic carbocycles. The molecule has 0 saturated carbocycles. The van der Waals surface area contributed by atoms with Gasteiger partial charge in [-0.2, -0.15) is 0 Å². The van der Waals surface area contributed by atoms with Crippen LogP contribution in [0.3, 0.4) is 0 Å². The van der Waals surface area contributed by atoms with Gasteiger partial charge in [0, 0.05) is 10.6 Å². The molecule has 2 unspecified atom stereocenters. The predicted molar refractivity (Wildman–Crippen MR) is 99.4 cm³/mol. The number of rotatable bonds is 2. The second kappa shape index (κ2) is 6.26. The van der Waals surface area contributed by atoms with Crippen molar-refractivity contribution in [3.05, 3.63) is 58.6 Å². The minimum absolute atomic E-state index is 0. The Bertz CT molecular complexity index is 732. The van der Waals surface area contributed by atoms with E-state index in [2.05, 4.69) is 19.1 Å². The van der Waals surface area contributed by atoms with Crippen LogP contribution in [0.25, 0.3) is 0 Å². The smallest absolute Gasteiger partial charge is 0.127 e. The third-order valence-corrected chi connectivity index (χ3v) is 5.26. The van der Waals surface area contributed by atoms with Crippen LogP contribution in [0.1, 0.15) is 18.1 Å². The minimum Gasteiger partial charge on any atom is -0.457 e. The molecular formula is C17H15BrClNOS. The molecule has 0 amide bonds. The van der Waals surface area contributed by atoms with Crippen molar-refractivity contribution in [1.82, 2.24) is 0 Å². The summed E-state index contributed by atoms with van der Waals surface area (Å²) in [6, 6.07) is 13.7. The van der Waals surface area contributed by atoms with Crippen LogP contribution in [0.15, 0.2) is 47.5 Å². The monoisotopic (exact) mass is 395 g/mol. The fourth-order valence-corrected chi connectivity index (χ4v) is 4.26. The number of benzene rings is 2. The van der Waals surface area contributed by atoms with Gasteiger partial charge in [-0.05, 0) is 61.4 Å². The zero-order chi connectivity index (χ0) is 14.4. The second-order valence-electron chi connectivity index (χ2n) is 5.32. The maximum absolute atomic E-state index is 5.90. The molecule has 2 aliphatic rings. The number of hydrogen-bond acceptors (Lipinski definition) is 3. The molecular weight excluding hydrogens is 382 g/mol. The fourth-order valence-electron chi connectivity index (χ4n) is 2.89. The number of hydrogen-bond donors (Lipinski definition) is 0. The molecule has 0 radical (unpaired) electrons. The van der Waals surface area contributed by atoms with Crippen LogP contribution in [0, 0.1) is 0 Å². The number of aliphatic imine (C=N–C) groups is 1. The van der Waals surface area contributed by atoms with Crippen molar-refractivity contribution in [1.29, 1.82) is 0 Å². The number of ether oxygens (including phenoxy) is 1. The zero-order valence-electron chi connectivity index (χ0n) is 12.0. The Hall–Kier alpha value is -0.970. The standard InChI is InChI=1S/C17H14ClNOS.BrH/c1-10-19-17-15-7-6-14(8-11(15)9-16(17)21-10)20-13-4-2-12(18)3-5-13;/h2-8,10,16H,9H2,1H3;1H. The second-order valence-corrected chi connectivity index (χ2v) is 7.28. The average molecular weight is 397 g/mol. The molecule has 1 aliphatic heterocycles. The minimum atomic E-state index is 0. The first kappa shape index (κ1) is 15.9. The van der Waals surface area contributed by atoms with Crippen molar-refractivity contribution in [3.63, 3.8) is 0 Å². The van der Waals surface area contributed by atoms with Crippen molar-refractivity contribution in [2.75, 3.05) is 0 Å². The summed E-state index contributed by atoms with van der Waals surface area (Å²) in [6.07, 6.45) is 1.06. The molecule has 2 atom stereocenters. The maximum atomic E-state index is 5.90. The van der Waals surface area contributed by atoms with E-state index in [4.69, 9.17) is 21.3 Å². The average Bonchev–Trinajstić information content (AvgIpc) is 2.97. The van der Waals surface area contributed by atoms with Crippen LogP contribution in [0.2, 0.25) is 5.02 Å². The van der Waals surface area contributed by atoms with Gasteiger partial charge in [0.25, 0.3) is 0 Å². The van der Waals surface area contributed by atoms with E-state index in [1.807, 2.05) is 42.1 Å². The molecule has 114 valence electrons.